The van der Waals surface area contributed by atoms with Crippen LogP contribution in [0.2, 0.25) is 5.02 Å². The van der Waals surface area contributed by atoms with Gasteiger partial charge < -0.3 is 10.1 Å². The van der Waals surface area contributed by atoms with Gasteiger partial charge in [0, 0.05) is 25.1 Å². The van der Waals surface area contributed by atoms with Gasteiger partial charge in [-0.05, 0) is 18.2 Å². The minimum absolute atomic E-state index is 0.107. The van der Waals surface area contributed by atoms with Crippen LogP contribution in [-0.4, -0.2) is 37.7 Å². The van der Waals surface area contributed by atoms with Gasteiger partial charge in [0.15, 0.2) is 9.84 Å². The molecular formula is C14H14ClN3O5S. The van der Waals surface area contributed by atoms with Crippen LogP contribution in [0.25, 0.3) is 0 Å². The molecule has 10 heteroatoms. The van der Waals surface area contributed by atoms with Crippen molar-refractivity contribution in [1.29, 1.82) is 0 Å². The van der Waals surface area contributed by atoms with E-state index in [9.17, 15) is 18.5 Å². The third-order valence-corrected chi connectivity index (χ3v) is 4.30. The molecule has 1 N–H and O–H groups in total. The predicted molar refractivity (Wildman–Crippen MR) is 89.4 cm³/mol. The number of benzene rings is 1. The molecule has 0 saturated heterocycles. The highest BCUT2D eigenvalue weighted by molar-refractivity contribution is 7.90. The van der Waals surface area contributed by atoms with Crippen LogP contribution in [0, 0.1) is 10.1 Å². The molecule has 0 unspecified atom stereocenters. The van der Waals surface area contributed by atoms with E-state index >= 15 is 0 Å². The van der Waals surface area contributed by atoms with Gasteiger partial charge in [-0.25, -0.2) is 13.4 Å². The molecule has 0 amide bonds. The fraction of sp³-hybridized carbons (Fsp3) is 0.214. The maximum absolute atomic E-state index is 11.7. The van der Waals surface area contributed by atoms with E-state index in [1.807, 2.05) is 0 Å². The standard InChI is InChI=1S/C14H14ClN3O5S/c1-24(21,22)12-4-2-3-11(14(12)18(19)20)16-7-8-23-13-6-5-10(15)9-17-13/h2-6,9,16H,7-8H2,1H3. The quantitative estimate of drug-likeness (QED) is 0.452. The second kappa shape index (κ2) is 7.45. The molecule has 24 heavy (non-hydrogen) atoms. The van der Waals surface area contributed by atoms with Crippen LogP contribution in [0.3, 0.4) is 0 Å². The summed E-state index contributed by atoms with van der Waals surface area (Å²) in [5.41, 5.74) is -0.375. The van der Waals surface area contributed by atoms with E-state index in [4.69, 9.17) is 16.3 Å². The summed E-state index contributed by atoms with van der Waals surface area (Å²) in [6.07, 6.45) is 2.36. The van der Waals surface area contributed by atoms with Crippen LogP contribution in [0.5, 0.6) is 5.88 Å². The first kappa shape index (κ1) is 18.0. The Morgan fingerprint density at radius 1 is 1.33 bits per heavy atom. The van der Waals surface area contributed by atoms with Crippen LogP contribution in [0.1, 0.15) is 0 Å². The number of nitro benzene ring substituents is 1. The molecule has 0 spiro atoms. The van der Waals surface area contributed by atoms with Crippen molar-refractivity contribution in [3.63, 3.8) is 0 Å². The largest absolute Gasteiger partial charge is 0.476 e. The number of aromatic nitrogens is 1. The molecule has 0 aliphatic heterocycles. The Bertz CT molecular complexity index is 840. The lowest BCUT2D eigenvalue weighted by molar-refractivity contribution is -0.386. The zero-order chi connectivity index (χ0) is 17.7. The zero-order valence-electron chi connectivity index (χ0n) is 12.6. The smallest absolute Gasteiger partial charge is 0.310 e. The van der Waals surface area contributed by atoms with Crippen molar-refractivity contribution in [2.75, 3.05) is 24.7 Å². The third kappa shape index (κ3) is 4.56. The summed E-state index contributed by atoms with van der Waals surface area (Å²) in [5, 5.41) is 14.5. The maximum Gasteiger partial charge on any atom is 0.310 e. The summed E-state index contributed by atoms with van der Waals surface area (Å²) in [4.78, 5) is 14.1. The van der Waals surface area contributed by atoms with Crippen molar-refractivity contribution in [3.05, 3.63) is 51.7 Å². The predicted octanol–water partition coefficient (Wildman–Crippen LogP) is 2.54. The van der Waals surface area contributed by atoms with Gasteiger partial charge in [-0.2, -0.15) is 0 Å². The highest BCUT2D eigenvalue weighted by Crippen LogP contribution is 2.31. The van der Waals surface area contributed by atoms with Crippen molar-refractivity contribution < 1.29 is 18.1 Å². The Balaban J connectivity index is 2.07. The molecule has 8 nitrogen and oxygen atoms in total. The van der Waals surface area contributed by atoms with Gasteiger partial charge in [0.25, 0.3) is 0 Å². The van der Waals surface area contributed by atoms with Crippen molar-refractivity contribution in [2.24, 2.45) is 0 Å². The lowest BCUT2D eigenvalue weighted by Crippen LogP contribution is -2.14. The molecule has 2 rings (SSSR count). The Kier molecular flexibility index (Phi) is 5.58. The van der Waals surface area contributed by atoms with Gasteiger partial charge in [0.1, 0.15) is 17.2 Å². The highest BCUT2D eigenvalue weighted by atomic mass is 35.5. The highest BCUT2D eigenvalue weighted by Gasteiger charge is 2.25. The van der Waals surface area contributed by atoms with E-state index in [0.717, 1.165) is 6.26 Å². The molecule has 0 aliphatic carbocycles. The minimum atomic E-state index is -3.71. The van der Waals surface area contributed by atoms with Crippen LogP contribution in [-0.2, 0) is 9.84 Å². The van der Waals surface area contributed by atoms with E-state index in [0.29, 0.717) is 10.9 Å². The van der Waals surface area contributed by atoms with Gasteiger partial charge >= 0.3 is 5.69 Å². The number of nitrogens with zero attached hydrogens (tertiary/aromatic N) is 2. The number of pyridine rings is 1. The fourth-order valence-electron chi connectivity index (χ4n) is 1.94. The summed E-state index contributed by atoms with van der Waals surface area (Å²) in [7, 11) is -3.71. The molecule has 1 aromatic heterocycles. The van der Waals surface area contributed by atoms with Crippen LogP contribution in [0.15, 0.2) is 41.4 Å². The molecule has 0 bridgehead atoms. The summed E-state index contributed by atoms with van der Waals surface area (Å²) in [6.45, 7) is 0.396. The molecule has 0 aliphatic rings. The summed E-state index contributed by atoms with van der Waals surface area (Å²) >= 11 is 5.71. The topological polar surface area (TPSA) is 111 Å². The molecule has 0 saturated carbocycles. The number of anilines is 1. The van der Waals surface area contributed by atoms with Gasteiger partial charge in [-0.3, -0.25) is 10.1 Å². The molecule has 0 fully saturated rings. The maximum atomic E-state index is 11.7. The number of nitro groups is 1. The number of para-hydroxylation sites is 1. The zero-order valence-corrected chi connectivity index (χ0v) is 14.2. The van der Waals surface area contributed by atoms with Crippen molar-refractivity contribution >= 4 is 32.8 Å². The number of nitrogens with one attached hydrogen (secondary N) is 1. The van der Waals surface area contributed by atoms with Crippen molar-refractivity contribution in [3.8, 4) is 5.88 Å². The van der Waals surface area contributed by atoms with Crippen molar-refractivity contribution in [1.82, 2.24) is 4.98 Å². The fourth-order valence-corrected chi connectivity index (χ4v) is 2.91. The molecule has 128 valence electrons. The molecule has 1 aromatic carbocycles. The van der Waals surface area contributed by atoms with Gasteiger partial charge in [0.05, 0.1) is 9.95 Å². The normalized spacial score (nSPS) is 11.1. The number of rotatable bonds is 7. The first-order valence-corrected chi connectivity index (χ1v) is 9.01. The first-order valence-electron chi connectivity index (χ1n) is 6.74. The summed E-state index contributed by atoms with van der Waals surface area (Å²) < 4.78 is 28.7. The minimum Gasteiger partial charge on any atom is -0.476 e. The lowest BCUT2D eigenvalue weighted by Gasteiger charge is -2.10. The number of ether oxygens (including phenoxy) is 1. The Labute approximate surface area is 143 Å². The molecule has 0 atom stereocenters. The summed E-state index contributed by atoms with van der Waals surface area (Å²) in [6, 6.07) is 7.29. The second-order valence-electron chi connectivity index (χ2n) is 4.77. The second-order valence-corrected chi connectivity index (χ2v) is 7.19. The van der Waals surface area contributed by atoms with Crippen molar-refractivity contribution in [2.45, 2.75) is 4.90 Å². The average molecular weight is 372 g/mol. The first-order chi connectivity index (χ1) is 11.3. The molecule has 1 heterocycles. The number of sulfone groups is 1. The van der Waals surface area contributed by atoms with E-state index < -0.39 is 20.4 Å². The van der Waals surface area contributed by atoms with E-state index in [1.54, 1.807) is 12.1 Å². The van der Waals surface area contributed by atoms with Crippen LogP contribution >= 0.6 is 11.6 Å². The monoisotopic (exact) mass is 371 g/mol. The Morgan fingerprint density at radius 2 is 2.08 bits per heavy atom. The molecular weight excluding hydrogens is 358 g/mol. The van der Waals surface area contributed by atoms with Crippen LogP contribution < -0.4 is 10.1 Å². The van der Waals surface area contributed by atoms with Gasteiger partial charge in [-0.15, -0.1) is 0 Å². The van der Waals surface area contributed by atoms with E-state index in [2.05, 4.69) is 10.3 Å². The summed E-state index contributed by atoms with van der Waals surface area (Å²) in [5.74, 6) is 0.362. The number of hydrogen-bond acceptors (Lipinski definition) is 7. The molecule has 2 aromatic rings. The van der Waals surface area contributed by atoms with Gasteiger partial charge in [0.2, 0.25) is 5.88 Å². The Morgan fingerprint density at radius 3 is 2.67 bits per heavy atom. The molecule has 0 radical (unpaired) electrons. The average Bonchev–Trinajstić information content (AvgIpc) is 2.52. The number of hydrogen-bond donors (Lipinski definition) is 1. The van der Waals surface area contributed by atoms with Crippen LogP contribution in [0.4, 0.5) is 11.4 Å². The van der Waals surface area contributed by atoms with E-state index in [1.165, 1.54) is 24.4 Å². The Hall–Kier alpha value is -2.39. The van der Waals surface area contributed by atoms with Gasteiger partial charge in [-0.1, -0.05) is 17.7 Å². The SMILES string of the molecule is CS(=O)(=O)c1cccc(NCCOc2ccc(Cl)cn2)c1[N+](=O)[O-]. The number of halogens is 1. The lowest BCUT2D eigenvalue weighted by atomic mass is 10.2. The third-order valence-electron chi connectivity index (χ3n) is 2.95. The van der Waals surface area contributed by atoms with E-state index in [-0.39, 0.29) is 23.7 Å².